The van der Waals surface area contributed by atoms with Gasteiger partial charge in [0.15, 0.2) is 0 Å². The summed E-state index contributed by atoms with van der Waals surface area (Å²) < 4.78 is 1.19. The van der Waals surface area contributed by atoms with Gasteiger partial charge in [0.05, 0.1) is 0 Å². The van der Waals surface area contributed by atoms with Crippen LogP contribution in [0.1, 0.15) is 37.1 Å². The normalized spacial score (nSPS) is 25.6. The number of hydrogen-bond acceptors (Lipinski definition) is 7. The zero-order valence-corrected chi connectivity index (χ0v) is 19.1. The van der Waals surface area contributed by atoms with Crippen molar-refractivity contribution >= 4 is 31.9 Å². The molecule has 2 aromatic rings. The Labute approximate surface area is 188 Å². The van der Waals surface area contributed by atoms with E-state index in [4.69, 9.17) is 0 Å². The molecule has 0 saturated carbocycles. The first kappa shape index (κ1) is 22.4. The molecular weight excluding hydrogens is 526 g/mol. The molecule has 3 N–H and O–H groups in total. The van der Waals surface area contributed by atoms with Gasteiger partial charge in [0.1, 0.15) is 29.0 Å². The van der Waals surface area contributed by atoms with Crippen molar-refractivity contribution in [3.63, 3.8) is 0 Å². The van der Waals surface area contributed by atoms with Crippen LogP contribution >= 0.6 is 31.9 Å². The van der Waals surface area contributed by atoms with Crippen molar-refractivity contribution in [1.29, 1.82) is 0 Å². The lowest BCUT2D eigenvalue weighted by Gasteiger charge is -2.44. The molecular formula is C19H19Br2N3O6. The maximum absolute atomic E-state index is 12.1. The first-order valence-corrected chi connectivity index (χ1v) is 10.5. The van der Waals surface area contributed by atoms with Gasteiger partial charge < -0.3 is 10.2 Å². The summed E-state index contributed by atoms with van der Waals surface area (Å²) in [7, 11) is 0. The van der Waals surface area contributed by atoms with Crippen LogP contribution in [0.15, 0.2) is 45.3 Å². The Balaban J connectivity index is 2.25. The Morgan fingerprint density at radius 3 is 1.57 bits per heavy atom. The highest BCUT2D eigenvalue weighted by molar-refractivity contribution is 9.10. The zero-order chi connectivity index (χ0) is 22.4. The second-order valence-corrected chi connectivity index (χ2v) is 9.64. The van der Waals surface area contributed by atoms with Crippen LogP contribution < -0.4 is 5.32 Å². The van der Waals surface area contributed by atoms with Gasteiger partial charge in [-0.15, -0.1) is 0 Å². The van der Waals surface area contributed by atoms with Crippen LogP contribution in [0.5, 0.6) is 11.5 Å². The number of piperidine rings is 1. The van der Waals surface area contributed by atoms with Crippen molar-refractivity contribution in [3.8, 4) is 11.5 Å². The number of aromatic hydroxyl groups is 2. The quantitative estimate of drug-likeness (QED) is 0.384. The highest BCUT2D eigenvalue weighted by Crippen LogP contribution is 2.49. The average molecular weight is 545 g/mol. The minimum absolute atomic E-state index is 0.171. The zero-order valence-electron chi connectivity index (χ0n) is 16.0. The Hall–Kier alpha value is -2.24. The van der Waals surface area contributed by atoms with Crippen molar-refractivity contribution in [3.05, 3.63) is 76.7 Å². The second-order valence-electron chi connectivity index (χ2n) is 7.81. The Kier molecular flexibility index (Phi) is 6.08. The molecule has 0 radical (unpaired) electrons. The van der Waals surface area contributed by atoms with E-state index < -0.39 is 39.4 Å². The van der Waals surface area contributed by atoms with E-state index in [9.17, 15) is 30.4 Å². The molecule has 0 spiro atoms. The fourth-order valence-corrected chi connectivity index (χ4v) is 5.02. The van der Waals surface area contributed by atoms with Crippen LogP contribution in [0.25, 0.3) is 0 Å². The summed E-state index contributed by atoms with van der Waals surface area (Å²) in [5, 5.41) is 48.0. The predicted octanol–water partition coefficient (Wildman–Crippen LogP) is 4.33. The molecule has 0 aromatic heterocycles. The van der Waals surface area contributed by atoms with Gasteiger partial charge >= 0.3 is 0 Å². The molecule has 0 bridgehead atoms. The molecule has 1 saturated heterocycles. The molecule has 2 aromatic carbocycles. The van der Waals surface area contributed by atoms with E-state index in [2.05, 4.69) is 37.2 Å². The molecule has 3 rings (SSSR count). The maximum Gasteiger partial charge on any atom is 0.244 e. The number of benzene rings is 2. The standard InChI is InChI=1S/C19H19Br2N3O6/c1-19(2)17(23(27)28)15(11-7-9(20)3-5-13(11)25)22-16(18(19)24(29)30)12-8-10(21)4-6-14(12)26/h3-8,15-18,22,25-26H,1-2H3/t15-,16+,17+,18-. The molecule has 9 nitrogen and oxygen atoms in total. The van der Waals surface area contributed by atoms with Crippen LogP contribution in [-0.4, -0.2) is 32.1 Å². The lowest BCUT2D eigenvalue weighted by Crippen LogP contribution is -2.63. The molecule has 1 heterocycles. The Morgan fingerprint density at radius 2 is 1.23 bits per heavy atom. The SMILES string of the molecule is CC1(C)[C@@H]([N+](=O)[O-])[C@@H](c2cc(Br)ccc2O)N[C@@H](c2cc(Br)ccc2O)[C@H]1[N+](=O)[O-]. The minimum Gasteiger partial charge on any atom is -0.508 e. The van der Waals surface area contributed by atoms with Gasteiger partial charge in [0, 0.05) is 29.9 Å². The molecule has 1 fully saturated rings. The van der Waals surface area contributed by atoms with Crippen molar-refractivity contribution < 1.29 is 20.1 Å². The molecule has 1 aliphatic heterocycles. The van der Waals surface area contributed by atoms with Gasteiger partial charge in [-0.1, -0.05) is 31.9 Å². The largest absolute Gasteiger partial charge is 0.508 e. The topological polar surface area (TPSA) is 139 Å². The van der Waals surface area contributed by atoms with E-state index in [0.29, 0.717) is 8.95 Å². The van der Waals surface area contributed by atoms with Crippen molar-refractivity contribution in [1.82, 2.24) is 5.32 Å². The fourth-order valence-electron chi connectivity index (χ4n) is 4.27. The highest BCUT2D eigenvalue weighted by atomic mass is 79.9. The van der Waals surface area contributed by atoms with E-state index in [1.54, 1.807) is 24.3 Å². The maximum atomic E-state index is 12.1. The third kappa shape index (κ3) is 3.88. The van der Waals surface area contributed by atoms with Gasteiger partial charge in [-0.05, 0) is 50.2 Å². The number of nitrogens with one attached hydrogen (secondary N) is 1. The number of phenolic OH excluding ortho intramolecular Hbond substituents is 2. The molecule has 0 amide bonds. The van der Waals surface area contributed by atoms with Gasteiger partial charge in [0.2, 0.25) is 12.1 Å². The number of rotatable bonds is 4. The first-order chi connectivity index (χ1) is 13.9. The summed E-state index contributed by atoms with van der Waals surface area (Å²) in [6, 6.07) is 4.13. The van der Waals surface area contributed by atoms with E-state index in [0.717, 1.165) is 0 Å². The smallest absolute Gasteiger partial charge is 0.244 e. The number of hydrogen-bond donors (Lipinski definition) is 3. The summed E-state index contributed by atoms with van der Waals surface area (Å²) in [4.78, 5) is 23.0. The monoisotopic (exact) mass is 543 g/mol. The lowest BCUT2D eigenvalue weighted by molar-refractivity contribution is -0.605. The second kappa shape index (κ2) is 8.12. The van der Waals surface area contributed by atoms with Crippen LogP contribution in [0, 0.1) is 25.6 Å². The van der Waals surface area contributed by atoms with Crippen molar-refractivity contribution in [2.45, 2.75) is 38.0 Å². The highest BCUT2D eigenvalue weighted by Gasteiger charge is 2.63. The number of nitrogens with zero attached hydrogens (tertiary/aromatic N) is 2. The van der Waals surface area contributed by atoms with Gasteiger partial charge in [0.25, 0.3) is 0 Å². The van der Waals surface area contributed by atoms with Crippen LogP contribution in [-0.2, 0) is 0 Å². The summed E-state index contributed by atoms with van der Waals surface area (Å²) in [6.45, 7) is 2.94. The summed E-state index contributed by atoms with van der Waals surface area (Å²) in [6.07, 6.45) is 0. The number of halogens is 2. The first-order valence-electron chi connectivity index (χ1n) is 8.95. The average Bonchev–Trinajstić information content (AvgIpc) is 2.63. The van der Waals surface area contributed by atoms with Crippen LogP contribution in [0.4, 0.5) is 0 Å². The molecule has 4 atom stereocenters. The van der Waals surface area contributed by atoms with E-state index in [1.165, 1.54) is 26.0 Å². The third-order valence-electron chi connectivity index (χ3n) is 5.62. The Morgan fingerprint density at radius 1 is 0.867 bits per heavy atom. The predicted molar refractivity (Wildman–Crippen MR) is 116 cm³/mol. The number of phenols is 2. The summed E-state index contributed by atoms with van der Waals surface area (Å²) in [5.74, 6) is -0.342. The number of nitro groups is 2. The fraction of sp³-hybridized carbons (Fsp3) is 0.368. The van der Waals surface area contributed by atoms with Crippen LogP contribution in [0.3, 0.4) is 0 Å². The molecule has 0 aliphatic carbocycles. The summed E-state index contributed by atoms with van der Waals surface area (Å²) >= 11 is 6.60. The van der Waals surface area contributed by atoms with Crippen LogP contribution in [0.2, 0.25) is 0 Å². The minimum atomic E-state index is -1.43. The van der Waals surface area contributed by atoms with E-state index in [-0.39, 0.29) is 22.6 Å². The molecule has 0 unspecified atom stereocenters. The van der Waals surface area contributed by atoms with Gasteiger partial charge in [-0.25, -0.2) is 0 Å². The van der Waals surface area contributed by atoms with Gasteiger partial charge in [-0.2, -0.15) is 0 Å². The molecule has 1 aliphatic rings. The van der Waals surface area contributed by atoms with E-state index in [1.807, 2.05) is 0 Å². The molecule has 30 heavy (non-hydrogen) atoms. The van der Waals surface area contributed by atoms with Crippen molar-refractivity contribution in [2.24, 2.45) is 5.41 Å². The summed E-state index contributed by atoms with van der Waals surface area (Å²) in [5.41, 5.74) is -0.960. The van der Waals surface area contributed by atoms with E-state index >= 15 is 0 Å². The Bertz CT molecular complexity index is 938. The van der Waals surface area contributed by atoms with Gasteiger partial charge in [-0.3, -0.25) is 25.5 Å². The lowest BCUT2D eigenvalue weighted by atomic mass is 9.66. The van der Waals surface area contributed by atoms with Crippen molar-refractivity contribution in [2.75, 3.05) is 0 Å². The molecule has 160 valence electrons. The molecule has 11 heteroatoms. The third-order valence-corrected chi connectivity index (χ3v) is 6.61.